The summed E-state index contributed by atoms with van der Waals surface area (Å²) >= 11 is 5.87. The number of nitriles is 1. The van der Waals surface area contributed by atoms with Crippen LogP contribution in [0.1, 0.15) is 17.0 Å². The minimum atomic E-state index is 0.494. The molecule has 112 valence electrons. The van der Waals surface area contributed by atoms with Crippen molar-refractivity contribution in [3.8, 4) is 6.19 Å². The Morgan fingerprint density at radius 2 is 2.27 bits per heavy atom. The summed E-state index contributed by atoms with van der Waals surface area (Å²) < 4.78 is 0. The second-order valence-electron chi connectivity index (χ2n) is 5.00. The molecule has 0 unspecified atom stereocenters. The first-order valence-electron chi connectivity index (χ1n) is 6.96. The molecule has 0 bridgehead atoms. The number of hydrogen-bond acceptors (Lipinski definition) is 3. The molecule has 1 aromatic carbocycles. The predicted octanol–water partition coefficient (Wildman–Crippen LogP) is 2.05. The molecule has 0 spiro atoms. The maximum atomic E-state index is 8.95. The van der Waals surface area contributed by atoms with Gasteiger partial charge in [0, 0.05) is 18.0 Å². The highest BCUT2D eigenvalue weighted by molar-refractivity contribution is 6.30. The number of imidazole rings is 1. The first-order valence-corrected chi connectivity index (χ1v) is 7.34. The number of nitrogens with zero attached hydrogens (tertiary/aromatic N) is 4. The van der Waals surface area contributed by atoms with Crippen molar-refractivity contribution in [3.63, 3.8) is 0 Å². The highest BCUT2D eigenvalue weighted by atomic mass is 35.5. The van der Waals surface area contributed by atoms with Gasteiger partial charge in [-0.15, -0.1) is 0 Å². The fourth-order valence-corrected chi connectivity index (χ4v) is 2.54. The number of benzene rings is 1. The summed E-state index contributed by atoms with van der Waals surface area (Å²) in [5.74, 6) is 0.581. The molecule has 0 saturated heterocycles. The van der Waals surface area contributed by atoms with Crippen molar-refractivity contribution in [2.24, 2.45) is 4.99 Å². The lowest BCUT2D eigenvalue weighted by Gasteiger charge is -2.28. The van der Waals surface area contributed by atoms with E-state index in [4.69, 9.17) is 16.9 Å². The molecule has 1 aromatic heterocycles. The lowest BCUT2D eigenvalue weighted by atomic mass is 10.1. The number of hydrogen-bond donors (Lipinski definition) is 2. The molecule has 3 rings (SSSR count). The summed E-state index contributed by atoms with van der Waals surface area (Å²) in [4.78, 5) is 14.0. The van der Waals surface area contributed by atoms with Crippen molar-refractivity contribution in [3.05, 3.63) is 52.6 Å². The number of fused-ring (bicyclic) bond motifs is 1. The highest BCUT2D eigenvalue weighted by Crippen LogP contribution is 2.15. The van der Waals surface area contributed by atoms with Crippen LogP contribution >= 0.6 is 11.6 Å². The van der Waals surface area contributed by atoms with Gasteiger partial charge in [-0.1, -0.05) is 23.7 Å². The molecule has 0 fully saturated rings. The summed E-state index contributed by atoms with van der Waals surface area (Å²) in [5, 5.41) is 12.3. The van der Waals surface area contributed by atoms with E-state index in [-0.39, 0.29) is 0 Å². The van der Waals surface area contributed by atoms with Gasteiger partial charge < -0.3 is 9.88 Å². The van der Waals surface area contributed by atoms with Crippen molar-refractivity contribution in [1.82, 2.24) is 20.2 Å². The van der Waals surface area contributed by atoms with Gasteiger partial charge in [-0.25, -0.2) is 9.98 Å². The second-order valence-corrected chi connectivity index (χ2v) is 5.44. The number of aromatic amines is 1. The maximum absolute atomic E-state index is 8.95. The van der Waals surface area contributed by atoms with Crippen LogP contribution in [-0.2, 0) is 19.5 Å². The Labute approximate surface area is 133 Å². The van der Waals surface area contributed by atoms with Crippen LogP contribution in [0.25, 0.3) is 0 Å². The average molecular weight is 315 g/mol. The second kappa shape index (κ2) is 6.50. The van der Waals surface area contributed by atoms with E-state index < -0.39 is 0 Å². The molecule has 7 heteroatoms. The van der Waals surface area contributed by atoms with Crippen LogP contribution < -0.4 is 5.32 Å². The van der Waals surface area contributed by atoms with Gasteiger partial charge in [0.05, 0.1) is 30.8 Å². The van der Waals surface area contributed by atoms with Crippen LogP contribution in [0.3, 0.4) is 0 Å². The summed E-state index contributed by atoms with van der Waals surface area (Å²) in [5.41, 5.74) is 3.20. The quantitative estimate of drug-likeness (QED) is 0.385. The van der Waals surface area contributed by atoms with Gasteiger partial charge in [-0.3, -0.25) is 5.32 Å². The van der Waals surface area contributed by atoms with Crippen molar-refractivity contribution in [2.45, 2.75) is 19.5 Å². The lowest BCUT2D eigenvalue weighted by molar-refractivity contribution is 0.376. The molecular weight excluding hydrogens is 300 g/mol. The SMILES string of the molecule is N#CNC(=NCc1ccc(Cl)cc1)N1CCc2nc[nH]c2C1. The molecule has 2 N–H and O–H groups in total. The predicted molar refractivity (Wildman–Crippen MR) is 84.0 cm³/mol. The van der Waals surface area contributed by atoms with E-state index in [1.807, 2.05) is 35.4 Å². The maximum Gasteiger partial charge on any atom is 0.208 e. The van der Waals surface area contributed by atoms with Gasteiger partial charge in [-0.2, -0.15) is 5.26 Å². The zero-order valence-electron chi connectivity index (χ0n) is 11.9. The number of nitrogens with one attached hydrogen (secondary N) is 2. The van der Waals surface area contributed by atoms with E-state index in [1.54, 1.807) is 6.33 Å². The Bertz CT molecular complexity index is 712. The fourth-order valence-electron chi connectivity index (χ4n) is 2.42. The minimum Gasteiger partial charge on any atom is -0.347 e. The number of H-pyrrole nitrogens is 1. The van der Waals surface area contributed by atoms with Crippen LogP contribution in [0.5, 0.6) is 0 Å². The molecule has 1 aliphatic rings. The molecule has 0 radical (unpaired) electrons. The van der Waals surface area contributed by atoms with Crippen molar-refractivity contribution in [2.75, 3.05) is 6.54 Å². The zero-order valence-corrected chi connectivity index (χ0v) is 12.6. The van der Waals surface area contributed by atoms with Crippen LogP contribution in [0.4, 0.5) is 0 Å². The van der Waals surface area contributed by atoms with E-state index in [9.17, 15) is 0 Å². The van der Waals surface area contributed by atoms with Crippen LogP contribution in [0.15, 0.2) is 35.6 Å². The van der Waals surface area contributed by atoms with Crippen molar-refractivity contribution >= 4 is 17.6 Å². The standard InChI is InChI=1S/C15H15ClN6/c16-12-3-1-11(2-4-12)7-18-15(19-9-17)22-6-5-13-14(8-22)21-10-20-13/h1-4,10H,5-8H2,(H,18,19)(H,20,21). The Morgan fingerprint density at radius 1 is 1.45 bits per heavy atom. The van der Waals surface area contributed by atoms with E-state index in [1.165, 1.54) is 0 Å². The fraction of sp³-hybridized carbons (Fsp3) is 0.267. The molecule has 0 saturated carbocycles. The Hall–Kier alpha value is -2.52. The molecule has 0 aliphatic carbocycles. The summed E-state index contributed by atoms with van der Waals surface area (Å²) in [6.45, 7) is 1.95. The van der Waals surface area contributed by atoms with Crippen LogP contribution in [-0.4, -0.2) is 27.4 Å². The summed E-state index contributed by atoms with van der Waals surface area (Å²) in [7, 11) is 0. The molecule has 0 atom stereocenters. The van der Waals surface area contributed by atoms with Gasteiger partial charge in [-0.05, 0) is 17.7 Å². The first-order chi connectivity index (χ1) is 10.8. The Morgan fingerprint density at radius 3 is 3.05 bits per heavy atom. The number of guanidine groups is 1. The normalized spacial score (nSPS) is 14.4. The van der Waals surface area contributed by atoms with Crippen molar-refractivity contribution < 1.29 is 0 Å². The molecule has 2 aromatic rings. The lowest BCUT2D eigenvalue weighted by Crippen LogP contribution is -2.42. The topological polar surface area (TPSA) is 80.1 Å². The first kappa shape index (κ1) is 14.4. The highest BCUT2D eigenvalue weighted by Gasteiger charge is 2.20. The summed E-state index contributed by atoms with van der Waals surface area (Å²) in [6, 6.07) is 7.53. The van der Waals surface area contributed by atoms with Crippen LogP contribution in [0.2, 0.25) is 5.02 Å². The third-order valence-corrected chi connectivity index (χ3v) is 3.82. The Kier molecular flexibility index (Phi) is 4.26. The zero-order chi connectivity index (χ0) is 15.4. The number of aliphatic imine (C=N–C) groups is 1. The molecule has 6 nitrogen and oxygen atoms in total. The van der Waals surface area contributed by atoms with E-state index >= 15 is 0 Å². The number of aromatic nitrogens is 2. The molecular formula is C15H15ClN6. The molecule has 22 heavy (non-hydrogen) atoms. The smallest absolute Gasteiger partial charge is 0.208 e. The summed E-state index contributed by atoms with van der Waals surface area (Å²) in [6.07, 6.45) is 4.50. The van der Waals surface area contributed by atoms with E-state index in [0.717, 1.165) is 29.9 Å². The molecule has 2 heterocycles. The monoisotopic (exact) mass is 314 g/mol. The minimum absolute atomic E-state index is 0.494. The van der Waals surface area contributed by atoms with Crippen LogP contribution in [0, 0.1) is 11.5 Å². The van der Waals surface area contributed by atoms with Gasteiger partial charge in [0.25, 0.3) is 0 Å². The van der Waals surface area contributed by atoms with Gasteiger partial charge in [0.15, 0.2) is 6.19 Å². The number of halogens is 1. The molecule has 1 aliphatic heterocycles. The number of rotatable bonds is 2. The van der Waals surface area contributed by atoms with Crippen molar-refractivity contribution in [1.29, 1.82) is 5.26 Å². The van der Waals surface area contributed by atoms with Gasteiger partial charge >= 0.3 is 0 Å². The average Bonchev–Trinajstić information content (AvgIpc) is 3.00. The third-order valence-electron chi connectivity index (χ3n) is 3.57. The van der Waals surface area contributed by atoms with Gasteiger partial charge in [0.1, 0.15) is 0 Å². The van der Waals surface area contributed by atoms with E-state index in [0.29, 0.717) is 24.1 Å². The van der Waals surface area contributed by atoms with Gasteiger partial charge in [0.2, 0.25) is 5.96 Å². The third kappa shape index (κ3) is 3.21. The Balaban J connectivity index is 1.74. The van der Waals surface area contributed by atoms with E-state index in [2.05, 4.69) is 20.3 Å². The molecule has 0 amide bonds. The largest absolute Gasteiger partial charge is 0.347 e.